The molecule has 3 aromatic carbocycles. The first-order valence-electron chi connectivity index (χ1n) is 14.2. The van der Waals surface area contributed by atoms with Gasteiger partial charge in [0.25, 0.3) is 10.0 Å². The van der Waals surface area contributed by atoms with Gasteiger partial charge in [0.05, 0.1) is 10.6 Å². The summed E-state index contributed by atoms with van der Waals surface area (Å²) in [5.41, 5.74) is 2.17. The molecule has 9 heteroatoms. The van der Waals surface area contributed by atoms with Crippen LogP contribution in [0.4, 0.5) is 5.69 Å². The number of amides is 2. The molecule has 0 saturated heterocycles. The molecule has 4 rings (SSSR count). The summed E-state index contributed by atoms with van der Waals surface area (Å²) in [5.74, 6) is -0.663. The average molecular weight is 596 g/mol. The van der Waals surface area contributed by atoms with E-state index in [2.05, 4.69) is 5.32 Å². The van der Waals surface area contributed by atoms with Crippen molar-refractivity contribution in [3.8, 4) is 0 Å². The van der Waals surface area contributed by atoms with E-state index in [1.165, 1.54) is 35.6 Å². The van der Waals surface area contributed by atoms with E-state index in [-0.39, 0.29) is 23.4 Å². The van der Waals surface area contributed by atoms with Crippen molar-refractivity contribution in [3.63, 3.8) is 0 Å². The number of anilines is 1. The van der Waals surface area contributed by atoms with Crippen LogP contribution in [0.1, 0.15) is 56.6 Å². The predicted molar refractivity (Wildman–Crippen MR) is 163 cm³/mol. The van der Waals surface area contributed by atoms with Crippen LogP contribution in [0, 0.1) is 6.92 Å². The quantitative estimate of drug-likeness (QED) is 0.290. The minimum absolute atomic E-state index is 0.0203. The minimum atomic E-state index is -4.13. The molecule has 1 unspecified atom stereocenters. The normalized spacial score (nSPS) is 14.7. The van der Waals surface area contributed by atoms with Gasteiger partial charge in [0.1, 0.15) is 12.6 Å². The number of benzene rings is 3. The smallest absolute Gasteiger partial charge is 0.264 e. The van der Waals surface area contributed by atoms with Gasteiger partial charge in [-0.05, 0) is 68.1 Å². The first-order valence-corrected chi connectivity index (χ1v) is 16.0. The van der Waals surface area contributed by atoms with Crippen molar-refractivity contribution in [1.29, 1.82) is 0 Å². The highest BCUT2D eigenvalue weighted by Gasteiger charge is 2.34. The predicted octanol–water partition coefficient (Wildman–Crippen LogP) is 6.10. The maximum Gasteiger partial charge on any atom is 0.264 e. The number of nitrogens with zero attached hydrogens (tertiary/aromatic N) is 2. The number of rotatable bonds is 11. The van der Waals surface area contributed by atoms with E-state index < -0.39 is 28.5 Å². The van der Waals surface area contributed by atoms with Crippen molar-refractivity contribution in [1.82, 2.24) is 10.2 Å². The van der Waals surface area contributed by atoms with Crippen molar-refractivity contribution in [2.24, 2.45) is 0 Å². The highest BCUT2D eigenvalue weighted by molar-refractivity contribution is 7.92. The number of hydrogen-bond acceptors (Lipinski definition) is 4. The van der Waals surface area contributed by atoms with Gasteiger partial charge in [-0.3, -0.25) is 13.9 Å². The van der Waals surface area contributed by atoms with E-state index in [9.17, 15) is 18.0 Å². The van der Waals surface area contributed by atoms with Gasteiger partial charge in [-0.1, -0.05) is 85.8 Å². The Balaban J connectivity index is 1.68. The van der Waals surface area contributed by atoms with Crippen LogP contribution < -0.4 is 9.62 Å². The van der Waals surface area contributed by atoms with Crippen LogP contribution in [0.2, 0.25) is 5.02 Å². The molecule has 0 radical (unpaired) electrons. The molecule has 0 spiro atoms. The Morgan fingerprint density at radius 1 is 0.927 bits per heavy atom. The van der Waals surface area contributed by atoms with Gasteiger partial charge in [0.2, 0.25) is 11.8 Å². The summed E-state index contributed by atoms with van der Waals surface area (Å²) in [6.45, 7) is 3.50. The molecular weight excluding hydrogens is 558 g/mol. The van der Waals surface area contributed by atoms with Crippen LogP contribution in [-0.2, 0) is 26.2 Å². The maximum absolute atomic E-state index is 14.1. The molecule has 1 atom stereocenters. The van der Waals surface area contributed by atoms with Crippen LogP contribution in [0.3, 0.4) is 0 Å². The molecule has 3 aromatic rings. The van der Waals surface area contributed by atoms with E-state index in [0.717, 1.165) is 41.1 Å². The lowest BCUT2D eigenvalue weighted by molar-refractivity contribution is -0.140. The number of halogens is 1. The third-order valence-electron chi connectivity index (χ3n) is 7.54. The lowest BCUT2D eigenvalue weighted by atomic mass is 9.95. The molecule has 2 amide bonds. The van der Waals surface area contributed by atoms with Gasteiger partial charge in [-0.25, -0.2) is 8.42 Å². The summed E-state index contributed by atoms with van der Waals surface area (Å²) in [5, 5.41) is 3.57. The van der Waals surface area contributed by atoms with Crippen molar-refractivity contribution in [3.05, 3.63) is 95.0 Å². The Labute approximate surface area is 248 Å². The number of sulfonamides is 1. The Morgan fingerprint density at radius 2 is 1.56 bits per heavy atom. The molecule has 0 aromatic heterocycles. The largest absolute Gasteiger partial charge is 0.352 e. The van der Waals surface area contributed by atoms with E-state index in [4.69, 9.17) is 11.6 Å². The van der Waals surface area contributed by atoms with Crippen molar-refractivity contribution in [2.45, 2.75) is 75.9 Å². The second-order valence-electron chi connectivity index (χ2n) is 10.6. The molecule has 0 heterocycles. The first kappa shape index (κ1) is 30.6. The van der Waals surface area contributed by atoms with Crippen molar-refractivity contribution >= 4 is 39.1 Å². The summed E-state index contributed by atoms with van der Waals surface area (Å²) in [6, 6.07) is 21.6. The van der Waals surface area contributed by atoms with E-state index in [0.29, 0.717) is 17.1 Å². The summed E-state index contributed by atoms with van der Waals surface area (Å²) < 4.78 is 28.9. The first-order chi connectivity index (χ1) is 19.7. The van der Waals surface area contributed by atoms with Crippen LogP contribution >= 0.6 is 11.6 Å². The number of nitrogens with one attached hydrogen (secondary N) is 1. The van der Waals surface area contributed by atoms with Crippen LogP contribution in [0.15, 0.2) is 83.8 Å². The number of carbonyl (C=O) groups is 2. The average Bonchev–Trinajstić information content (AvgIpc) is 2.97. The van der Waals surface area contributed by atoms with Gasteiger partial charge in [-0.15, -0.1) is 0 Å². The second kappa shape index (κ2) is 14.0. The van der Waals surface area contributed by atoms with Crippen molar-refractivity contribution in [2.75, 3.05) is 10.8 Å². The van der Waals surface area contributed by atoms with Crippen LogP contribution in [-0.4, -0.2) is 43.8 Å². The third kappa shape index (κ3) is 7.89. The monoisotopic (exact) mass is 595 g/mol. The number of carbonyl (C=O) groups excluding carboxylic acids is 2. The molecule has 1 N–H and O–H groups in total. The van der Waals surface area contributed by atoms with E-state index in [1.807, 2.05) is 44.2 Å². The van der Waals surface area contributed by atoms with Gasteiger partial charge in [0.15, 0.2) is 0 Å². The molecule has 1 aliphatic carbocycles. The van der Waals surface area contributed by atoms with Gasteiger partial charge in [0, 0.05) is 17.6 Å². The Bertz CT molecular complexity index is 1410. The molecule has 7 nitrogen and oxygen atoms in total. The lowest BCUT2D eigenvalue weighted by Gasteiger charge is -2.34. The van der Waals surface area contributed by atoms with Gasteiger partial charge < -0.3 is 10.2 Å². The van der Waals surface area contributed by atoms with Gasteiger partial charge >= 0.3 is 0 Å². The lowest BCUT2D eigenvalue weighted by Crippen LogP contribution is -2.54. The van der Waals surface area contributed by atoms with E-state index >= 15 is 0 Å². The zero-order chi connectivity index (χ0) is 29.4. The fraction of sp³-hybridized carbons (Fsp3) is 0.375. The highest BCUT2D eigenvalue weighted by atomic mass is 35.5. The Kier molecular flexibility index (Phi) is 10.5. The minimum Gasteiger partial charge on any atom is -0.352 e. The molecule has 41 heavy (non-hydrogen) atoms. The fourth-order valence-corrected chi connectivity index (χ4v) is 6.76. The Morgan fingerprint density at radius 3 is 2.17 bits per heavy atom. The number of aryl methyl sites for hydroxylation is 1. The molecule has 1 aliphatic rings. The van der Waals surface area contributed by atoms with Crippen molar-refractivity contribution < 1.29 is 18.0 Å². The van der Waals surface area contributed by atoms with E-state index in [1.54, 1.807) is 24.3 Å². The zero-order valence-corrected chi connectivity index (χ0v) is 25.2. The van der Waals surface area contributed by atoms with Gasteiger partial charge in [-0.2, -0.15) is 0 Å². The summed E-state index contributed by atoms with van der Waals surface area (Å²) in [6.07, 6.45) is 5.56. The topological polar surface area (TPSA) is 86.8 Å². The molecule has 0 aliphatic heterocycles. The van der Waals surface area contributed by atoms with Crippen LogP contribution in [0.5, 0.6) is 0 Å². The maximum atomic E-state index is 14.1. The molecule has 0 bridgehead atoms. The Hall–Kier alpha value is -3.36. The molecule has 1 fully saturated rings. The fourth-order valence-electron chi connectivity index (χ4n) is 5.22. The standard InChI is InChI=1S/C32H38ClN3O4S/c1-3-30(32(38)34-27-12-8-5-9-13-27)35(22-25-10-6-4-7-11-25)31(37)23-36(28-18-14-24(2)15-19-28)41(39,40)29-20-16-26(33)17-21-29/h4,6-7,10-11,14-21,27,30H,3,5,8-9,12-13,22-23H2,1-2H3,(H,34,38). The second-order valence-corrected chi connectivity index (χ2v) is 12.9. The number of hydrogen-bond donors (Lipinski definition) is 1. The zero-order valence-electron chi connectivity index (χ0n) is 23.6. The molecular formula is C32H38ClN3O4S. The summed E-state index contributed by atoms with van der Waals surface area (Å²) >= 11 is 6.02. The highest BCUT2D eigenvalue weighted by Crippen LogP contribution is 2.26. The molecule has 218 valence electrons. The summed E-state index contributed by atoms with van der Waals surface area (Å²) in [7, 11) is -4.13. The SMILES string of the molecule is CCC(C(=O)NC1CCCCC1)N(Cc1ccccc1)C(=O)CN(c1ccc(C)cc1)S(=O)(=O)c1ccc(Cl)cc1. The summed E-state index contributed by atoms with van der Waals surface area (Å²) in [4.78, 5) is 29.3. The third-order valence-corrected chi connectivity index (χ3v) is 9.58. The van der Waals surface area contributed by atoms with Crippen LogP contribution in [0.25, 0.3) is 0 Å². The molecule has 1 saturated carbocycles.